The van der Waals surface area contributed by atoms with Gasteiger partial charge in [-0.05, 0) is 51.0 Å². The minimum Gasteiger partial charge on any atom is -0.379 e. The lowest BCUT2D eigenvalue weighted by atomic mass is 10.2. The molecule has 2 fully saturated rings. The minimum absolute atomic E-state index is 0.264. The van der Waals surface area contributed by atoms with E-state index >= 15 is 0 Å². The van der Waals surface area contributed by atoms with E-state index in [4.69, 9.17) is 10.5 Å². The van der Waals surface area contributed by atoms with Crippen molar-refractivity contribution in [2.45, 2.75) is 31.6 Å². The first-order valence-corrected chi connectivity index (χ1v) is 12.5. The number of benzene rings is 1. The van der Waals surface area contributed by atoms with Gasteiger partial charge in [0, 0.05) is 43.1 Å². The fourth-order valence-electron chi connectivity index (χ4n) is 4.46. The zero-order valence-electron chi connectivity index (χ0n) is 19.0. The molecule has 33 heavy (non-hydrogen) atoms. The Morgan fingerprint density at radius 2 is 1.79 bits per heavy atom. The summed E-state index contributed by atoms with van der Waals surface area (Å²) in [5.74, 6) is 0. The number of hydrogen-bond donors (Lipinski definition) is 2. The SMILES string of the molecule is Cc1cc(/C=N\NC(N)=O)c(C)n1-c1cc(S(=O)(=O)N2CCOCC2)ccc1N1CCCC1. The zero-order chi connectivity index (χ0) is 23.6. The number of hydrogen-bond acceptors (Lipinski definition) is 6. The van der Waals surface area contributed by atoms with E-state index in [0.29, 0.717) is 26.3 Å². The van der Waals surface area contributed by atoms with Crippen LogP contribution < -0.4 is 16.1 Å². The lowest BCUT2D eigenvalue weighted by molar-refractivity contribution is 0.0730. The molecule has 2 aliphatic heterocycles. The Morgan fingerprint density at radius 1 is 1.09 bits per heavy atom. The number of primary amides is 1. The minimum atomic E-state index is -3.64. The first kappa shape index (κ1) is 23.3. The van der Waals surface area contributed by atoms with Gasteiger partial charge >= 0.3 is 6.03 Å². The number of carbonyl (C=O) groups is 1. The summed E-state index contributed by atoms with van der Waals surface area (Å²) in [6.07, 6.45) is 3.74. The van der Waals surface area contributed by atoms with Crippen LogP contribution in [0.15, 0.2) is 34.3 Å². The Hall–Kier alpha value is -2.89. The van der Waals surface area contributed by atoms with Gasteiger partial charge in [0.25, 0.3) is 0 Å². The Kier molecular flexibility index (Phi) is 6.73. The van der Waals surface area contributed by atoms with E-state index in [0.717, 1.165) is 54.3 Å². The number of sulfonamides is 1. The van der Waals surface area contributed by atoms with Crippen molar-refractivity contribution in [3.63, 3.8) is 0 Å². The number of ether oxygens (including phenoxy) is 1. The lowest BCUT2D eigenvalue weighted by Crippen LogP contribution is -2.40. The number of nitrogens with zero attached hydrogens (tertiary/aromatic N) is 4. The van der Waals surface area contributed by atoms with Crippen LogP contribution in [0.1, 0.15) is 29.8 Å². The number of hydrazone groups is 1. The van der Waals surface area contributed by atoms with Gasteiger partial charge in [-0.1, -0.05) is 0 Å². The quantitative estimate of drug-likeness (QED) is 0.488. The highest BCUT2D eigenvalue weighted by Gasteiger charge is 2.28. The van der Waals surface area contributed by atoms with Crippen molar-refractivity contribution in [1.82, 2.24) is 14.3 Å². The number of amides is 2. The summed E-state index contributed by atoms with van der Waals surface area (Å²) in [5.41, 5.74) is 11.7. The van der Waals surface area contributed by atoms with Gasteiger partial charge < -0.3 is 19.9 Å². The van der Waals surface area contributed by atoms with Gasteiger partial charge in [-0.2, -0.15) is 9.41 Å². The second-order valence-electron chi connectivity index (χ2n) is 8.26. The lowest BCUT2D eigenvalue weighted by Gasteiger charge is -2.28. The van der Waals surface area contributed by atoms with Crippen molar-refractivity contribution in [3.05, 3.63) is 41.2 Å². The molecule has 4 rings (SSSR count). The molecule has 2 aliphatic rings. The maximum atomic E-state index is 13.4. The molecule has 0 aliphatic carbocycles. The molecule has 3 N–H and O–H groups in total. The van der Waals surface area contributed by atoms with Crippen molar-refractivity contribution >= 4 is 28.0 Å². The standard InChI is InChI=1S/C22H30N6O4S/c1-16-13-18(15-24-25-22(23)29)17(2)28(16)21-14-19(5-6-20(21)26-7-3-4-8-26)33(30,31)27-9-11-32-12-10-27/h5-6,13-15H,3-4,7-12H2,1-2H3,(H3,23,25,29)/b24-15-. The van der Waals surface area contributed by atoms with Gasteiger partial charge in [0.2, 0.25) is 10.0 Å². The molecule has 0 atom stereocenters. The molecule has 10 nitrogen and oxygen atoms in total. The molecule has 1 aromatic heterocycles. The average Bonchev–Trinajstić information content (AvgIpc) is 3.42. The van der Waals surface area contributed by atoms with Gasteiger partial charge in [-0.3, -0.25) is 0 Å². The van der Waals surface area contributed by atoms with Gasteiger partial charge in [0.15, 0.2) is 0 Å². The average molecular weight is 475 g/mol. The van der Waals surface area contributed by atoms with Crippen LogP contribution in [-0.2, 0) is 14.8 Å². The van der Waals surface area contributed by atoms with Crippen molar-refractivity contribution in [1.29, 1.82) is 0 Å². The van der Waals surface area contributed by atoms with Crippen LogP contribution in [-0.4, -0.2) is 68.9 Å². The number of carbonyl (C=O) groups excluding carboxylic acids is 1. The molecular weight excluding hydrogens is 444 g/mol. The predicted octanol–water partition coefficient (Wildman–Crippen LogP) is 1.72. The maximum absolute atomic E-state index is 13.4. The molecular formula is C22H30N6O4S. The first-order valence-electron chi connectivity index (χ1n) is 11.0. The molecule has 0 unspecified atom stereocenters. The summed E-state index contributed by atoms with van der Waals surface area (Å²) in [4.78, 5) is 13.5. The smallest absolute Gasteiger partial charge is 0.332 e. The van der Waals surface area contributed by atoms with Gasteiger partial charge in [0.1, 0.15) is 0 Å². The molecule has 2 amide bonds. The van der Waals surface area contributed by atoms with Crippen LogP contribution in [0.25, 0.3) is 5.69 Å². The Bertz CT molecular complexity index is 1160. The molecule has 0 saturated carbocycles. The van der Waals surface area contributed by atoms with Crippen molar-refractivity contribution in [2.24, 2.45) is 10.8 Å². The molecule has 0 spiro atoms. The fraction of sp³-hybridized carbons (Fsp3) is 0.455. The van der Waals surface area contributed by atoms with Gasteiger partial charge in [0.05, 0.1) is 35.7 Å². The number of rotatable bonds is 6. The molecule has 11 heteroatoms. The second-order valence-corrected chi connectivity index (χ2v) is 10.2. The Morgan fingerprint density at radius 3 is 2.45 bits per heavy atom. The highest BCUT2D eigenvalue weighted by atomic mass is 32.2. The van der Waals surface area contributed by atoms with E-state index in [1.165, 1.54) is 10.5 Å². The van der Waals surface area contributed by atoms with E-state index < -0.39 is 16.1 Å². The molecule has 1 aromatic carbocycles. The topological polar surface area (TPSA) is 122 Å². The third-order valence-corrected chi connectivity index (χ3v) is 7.99. The van der Waals surface area contributed by atoms with E-state index in [9.17, 15) is 13.2 Å². The molecule has 0 bridgehead atoms. The Balaban J connectivity index is 1.80. The number of urea groups is 1. The molecule has 3 heterocycles. The monoisotopic (exact) mass is 474 g/mol. The molecule has 2 saturated heterocycles. The van der Waals surface area contributed by atoms with Gasteiger partial charge in [-0.25, -0.2) is 18.6 Å². The highest BCUT2D eigenvalue weighted by molar-refractivity contribution is 7.89. The number of anilines is 1. The number of nitrogens with one attached hydrogen (secondary N) is 1. The first-order chi connectivity index (χ1) is 15.8. The maximum Gasteiger partial charge on any atom is 0.332 e. The van der Waals surface area contributed by atoms with Crippen molar-refractivity contribution in [3.8, 4) is 5.69 Å². The summed E-state index contributed by atoms with van der Waals surface area (Å²) in [7, 11) is -3.64. The zero-order valence-corrected chi connectivity index (χ0v) is 19.8. The predicted molar refractivity (Wildman–Crippen MR) is 127 cm³/mol. The van der Waals surface area contributed by atoms with Crippen LogP contribution in [0, 0.1) is 13.8 Å². The largest absolute Gasteiger partial charge is 0.379 e. The number of aromatic nitrogens is 1. The summed E-state index contributed by atoms with van der Waals surface area (Å²) >= 11 is 0. The highest BCUT2D eigenvalue weighted by Crippen LogP contribution is 2.34. The number of aryl methyl sites for hydroxylation is 1. The fourth-order valence-corrected chi connectivity index (χ4v) is 5.89. The van der Waals surface area contributed by atoms with E-state index in [1.54, 1.807) is 12.1 Å². The molecule has 178 valence electrons. The van der Waals surface area contributed by atoms with Crippen LogP contribution in [0.2, 0.25) is 0 Å². The van der Waals surface area contributed by atoms with Crippen LogP contribution in [0.5, 0.6) is 0 Å². The number of nitrogens with two attached hydrogens (primary N) is 1. The summed E-state index contributed by atoms with van der Waals surface area (Å²) in [6.45, 7) is 7.25. The van der Waals surface area contributed by atoms with E-state index in [2.05, 4.69) is 15.4 Å². The van der Waals surface area contributed by atoms with E-state index in [-0.39, 0.29) is 4.90 Å². The molecule has 0 radical (unpaired) electrons. The van der Waals surface area contributed by atoms with Crippen molar-refractivity contribution in [2.75, 3.05) is 44.3 Å². The Labute approximate surface area is 194 Å². The van der Waals surface area contributed by atoms with Crippen LogP contribution in [0.4, 0.5) is 10.5 Å². The summed E-state index contributed by atoms with van der Waals surface area (Å²) in [5, 5.41) is 3.88. The van der Waals surface area contributed by atoms with Gasteiger partial charge in [-0.15, -0.1) is 0 Å². The van der Waals surface area contributed by atoms with Crippen molar-refractivity contribution < 1.29 is 17.9 Å². The normalized spacial score (nSPS) is 17.7. The second kappa shape index (κ2) is 9.54. The van der Waals surface area contributed by atoms with Crippen LogP contribution >= 0.6 is 0 Å². The summed E-state index contributed by atoms with van der Waals surface area (Å²) in [6, 6.07) is 6.58. The van der Waals surface area contributed by atoms with Crippen LogP contribution in [0.3, 0.4) is 0 Å². The number of morpholine rings is 1. The third-order valence-electron chi connectivity index (χ3n) is 6.09. The third kappa shape index (κ3) is 4.75. The summed E-state index contributed by atoms with van der Waals surface area (Å²) < 4.78 is 35.6. The molecule has 2 aromatic rings. The van der Waals surface area contributed by atoms with E-state index in [1.807, 2.05) is 30.5 Å².